The van der Waals surface area contributed by atoms with E-state index in [9.17, 15) is 0 Å². The molecule has 104 valence electrons. The summed E-state index contributed by atoms with van der Waals surface area (Å²) in [7, 11) is 2.20. The maximum absolute atomic E-state index is 4.49. The molecular formula is C13H24ClN3S. The van der Waals surface area contributed by atoms with Crippen LogP contribution in [0.5, 0.6) is 0 Å². The van der Waals surface area contributed by atoms with E-state index in [1.807, 2.05) is 17.5 Å². The maximum Gasteiger partial charge on any atom is 0.107 e. The lowest BCUT2D eigenvalue weighted by molar-refractivity contribution is 0.203. The Bertz CT molecular complexity index is 361. The fraction of sp³-hybridized carbons (Fsp3) is 0.769. The molecule has 2 heterocycles. The Kier molecular flexibility index (Phi) is 6.05. The zero-order valence-electron chi connectivity index (χ0n) is 11.5. The fourth-order valence-corrected chi connectivity index (χ4v) is 3.47. The second-order valence-corrected chi connectivity index (χ2v) is 6.68. The number of aryl methyl sites for hydroxylation is 1. The second kappa shape index (κ2) is 6.85. The molecule has 0 aliphatic carbocycles. The largest absolute Gasteiger partial charge is 0.316 e. The molecule has 1 saturated heterocycles. The van der Waals surface area contributed by atoms with E-state index in [1.165, 1.54) is 22.9 Å². The SMILES string of the molecule is CCc1cnc(CN(C)CC2(C)CCNC2)s1.Cl. The predicted octanol–water partition coefficient (Wildman–Crippen LogP) is 2.56. The molecule has 1 unspecified atom stereocenters. The summed E-state index contributed by atoms with van der Waals surface area (Å²) >= 11 is 1.85. The van der Waals surface area contributed by atoms with Gasteiger partial charge in [-0.2, -0.15) is 0 Å². The lowest BCUT2D eigenvalue weighted by atomic mass is 9.89. The third-order valence-corrected chi connectivity index (χ3v) is 4.59. The summed E-state index contributed by atoms with van der Waals surface area (Å²) in [5.41, 5.74) is 0.444. The lowest BCUT2D eigenvalue weighted by Gasteiger charge is -2.28. The molecule has 3 nitrogen and oxygen atoms in total. The van der Waals surface area contributed by atoms with Crippen LogP contribution in [0, 0.1) is 5.41 Å². The van der Waals surface area contributed by atoms with Gasteiger partial charge in [0.1, 0.15) is 5.01 Å². The number of hydrogen-bond donors (Lipinski definition) is 1. The van der Waals surface area contributed by atoms with Crippen molar-refractivity contribution in [1.29, 1.82) is 0 Å². The zero-order chi connectivity index (χ0) is 12.3. The highest BCUT2D eigenvalue weighted by Crippen LogP contribution is 2.26. The predicted molar refractivity (Wildman–Crippen MR) is 80.7 cm³/mol. The summed E-state index contributed by atoms with van der Waals surface area (Å²) in [6.45, 7) is 9.02. The van der Waals surface area contributed by atoms with Gasteiger partial charge in [-0.1, -0.05) is 13.8 Å². The number of thiazole rings is 1. The molecule has 1 aliphatic heterocycles. The molecule has 1 N–H and O–H groups in total. The smallest absolute Gasteiger partial charge is 0.107 e. The third-order valence-electron chi connectivity index (χ3n) is 3.46. The maximum atomic E-state index is 4.49. The molecule has 5 heteroatoms. The lowest BCUT2D eigenvalue weighted by Crippen LogP contribution is -2.34. The van der Waals surface area contributed by atoms with Gasteiger partial charge in [0.15, 0.2) is 0 Å². The minimum atomic E-state index is 0. The van der Waals surface area contributed by atoms with Crippen LogP contribution in [0.15, 0.2) is 6.20 Å². The van der Waals surface area contributed by atoms with Gasteiger partial charge in [0.05, 0.1) is 6.54 Å². The van der Waals surface area contributed by atoms with Crippen LogP contribution in [0.3, 0.4) is 0 Å². The summed E-state index contributed by atoms with van der Waals surface area (Å²) in [5, 5.41) is 4.70. The summed E-state index contributed by atoms with van der Waals surface area (Å²) in [5.74, 6) is 0. The van der Waals surface area contributed by atoms with E-state index in [0.717, 1.165) is 26.1 Å². The standard InChI is InChI=1S/C13H23N3S.ClH/c1-4-11-7-15-12(17-11)8-16(3)10-13(2)5-6-14-9-13;/h7,14H,4-6,8-10H2,1-3H3;1H. The molecule has 0 spiro atoms. The van der Waals surface area contributed by atoms with Crippen molar-refractivity contribution >= 4 is 23.7 Å². The monoisotopic (exact) mass is 289 g/mol. The first-order valence-corrected chi connectivity index (χ1v) is 7.26. The molecule has 0 saturated carbocycles. The molecule has 0 bridgehead atoms. The molecule has 1 fully saturated rings. The number of halogens is 1. The average molecular weight is 290 g/mol. The number of rotatable bonds is 5. The van der Waals surface area contributed by atoms with Crippen molar-refractivity contribution in [2.24, 2.45) is 5.41 Å². The van der Waals surface area contributed by atoms with E-state index < -0.39 is 0 Å². The van der Waals surface area contributed by atoms with Gasteiger partial charge in [0.2, 0.25) is 0 Å². The van der Waals surface area contributed by atoms with Crippen molar-refractivity contribution in [1.82, 2.24) is 15.2 Å². The van der Waals surface area contributed by atoms with Crippen LogP contribution in [0.4, 0.5) is 0 Å². The topological polar surface area (TPSA) is 28.2 Å². The number of nitrogens with zero attached hydrogens (tertiary/aromatic N) is 2. The van der Waals surface area contributed by atoms with Crippen LogP contribution in [-0.4, -0.2) is 36.6 Å². The molecular weight excluding hydrogens is 266 g/mol. The van der Waals surface area contributed by atoms with Gasteiger partial charge in [-0.3, -0.25) is 4.90 Å². The van der Waals surface area contributed by atoms with Gasteiger partial charge in [-0.15, -0.1) is 23.7 Å². The van der Waals surface area contributed by atoms with Gasteiger partial charge >= 0.3 is 0 Å². The molecule has 0 aromatic carbocycles. The highest BCUT2D eigenvalue weighted by Gasteiger charge is 2.29. The normalized spacial score (nSPS) is 23.3. The summed E-state index contributed by atoms with van der Waals surface area (Å²) in [6, 6.07) is 0. The number of nitrogens with one attached hydrogen (secondary N) is 1. The summed E-state index contributed by atoms with van der Waals surface area (Å²) in [6.07, 6.45) is 4.41. The Hall–Kier alpha value is -0.160. The van der Waals surface area contributed by atoms with E-state index in [4.69, 9.17) is 0 Å². The molecule has 1 aromatic rings. The van der Waals surface area contributed by atoms with E-state index in [-0.39, 0.29) is 12.4 Å². The highest BCUT2D eigenvalue weighted by molar-refractivity contribution is 7.11. The van der Waals surface area contributed by atoms with Gasteiger partial charge in [-0.05, 0) is 31.8 Å². The fourth-order valence-electron chi connectivity index (χ4n) is 2.53. The van der Waals surface area contributed by atoms with Crippen molar-refractivity contribution < 1.29 is 0 Å². The molecule has 18 heavy (non-hydrogen) atoms. The first-order chi connectivity index (χ1) is 8.11. The first kappa shape index (κ1) is 15.9. The van der Waals surface area contributed by atoms with Gasteiger partial charge < -0.3 is 5.32 Å². The van der Waals surface area contributed by atoms with Crippen LogP contribution in [0.1, 0.15) is 30.2 Å². The molecule has 1 aromatic heterocycles. The molecule has 2 rings (SSSR count). The third kappa shape index (κ3) is 4.19. The van der Waals surface area contributed by atoms with Gasteiger partial charge in [0.25, 0.3) is 0 Å². The minimum Gasteiger partial charge on any atom is -0.316 e. The number of aromatic nitrogens is 1. The van der Waals surface area contributed by atoms with Crippen LogP contribution < -0.4 is 5.32 Å². The Labute approximate surface area is 120 Å². The molecule has 0 radical (unpaired) electrons. The van der Waals surface area contributed by atoms with Crippen molar-refractivity contribution in [3.63, 3.8) is 0 Å². The van der Waals surface area contributed by atoms with Crippen molar-refractivity contribution in [2.75, 3.05) is 26.7 Å². The first-order valence-electron chi connectivity index (χ1n) is 6.44. The van der Waals surface area contributed by atoms with Crippen molar-refractivity contribution in [3.05, 3.63) is 16.1 Å². The Balaban J connectivity index is 0.00000162. The molecule has 1 aliphatic rings. The second-order valence-electron chi connectivity index (χ2n) is 5.48. The Morgan fingerprint density at radius 2 is 2.33 bits per heavy atom. The van der Waals surface area contributed by atoms with E-state index in [2.05, 4.69) is 36.1 Å². The molecule has 0 amide bonds. The van der Waals surface area contributed by atoms with E-state index in [0.29, 0.717) is 5.41 Å². The van der Waals surface area contributed by atoms with Crippen molar-refractivity contribution in [2.45, 2.75) is 33.2 Å². The average Bonchev–Trinajstić information content (AvgIpc) is 2.87. The highest BCUT2D eigenvalue weighted by atomic mass is 35.5. The van der Waals surface area contributed by atoms with Crippen LogP contribution >= 0.6 is 23.7 Å². The van der Waals surface area contributed by atoms with E-state index >= 15 is 0 Å². The van der Waals surface area contributed by atoms with Crippen LogP contribution in [0.2, 0.25) is 0 Å². The molecule has 1 atom stereocenters. The van der Waals surface area contributed by atoms with E-state index in [1.54, 1.807) is 0 Å². The Morgan fingerprint density at radius 1 is 1.56 bits per heavy atom. The van der Waals surface area contributed by atoms with Crippen LogP contribution in [-0.2, 0) is 13.0 Å². The van der Waals surface area contributed by atoms with Crippen LogP contribution in [0.25, 0.3) is 0 Å². The number of hydrogen-bond acceptors (Lipinski definition) is 4. The Morgan fingerprint density at radius 3 is 2.89 bits per heavy atom. The van der Waals surface area contributed by atoms with Crippen molar-refractivity contribution in [3.8, 4) is 0 Å². The quantitative estimate of drug-likeness (QED) is 0.903. The van der Waals surface area contributed by atoms with Gasteiger partial charge in [-0.25, -0.2) is 4.98 Å². The minimum absolute atomic E-state index is 0. The zero-order valence-corrected chi connectivity index (χ0v) is 13.2. The summed E-state index contributed by atoms with van der Waals surface area (Å²) in [4.78, 5) is 8.28. The summed E-state index contributed by atoms with van der Waals surface area (Å²) < 4.78 is 0. The van der Waals surface area contributed by atoms with Gasteiger partial charge in [0, 0.05) is 24.2 Å².